The van der Waals surface area contributed by atoms with E-state index in [4.69, 9.17) is 25.8 Å². The van der Waals surface area contributed by atoms with Crippen molar-refractivity contribution < 1.29 is 19.0 Å². The lowest BCUT2D eigenvalue weighted by atomic mass is 10.0. The minimum absolute atomic E-state index is 0.0817. The molecule has 0 bridgehead atoms. The van der Waals surface area contributed by atoms with Crippen molar-refractivity contribution >= 4 is 17.6 Å². The van der Waals surface area contributed by atoms with Crippen molar-refractivity contribution in [1.29, 1.82) is 0 Å². The third-order valence-electron chi connectivity index (χ3n) is 4.35. The molecular weight excluding hydrogens is 332 g/mol. The molecule has 3 rings (SSSR count). The summed E-state index contributed by atoms with van der Waals surface area (Å²) in [7, 11) is 0. The van der Waals surface area contributed by atoms with Crippen molar-refractivity contribution in [2.45, 2.75) is 25.6 Å². The first-order valence-corrected chi connectivity index (χ1v) is 8.65. The Bertz CT molecular complexity index is 580. The molecule has 0 aliphatic carbocycles. The summed E-state index contributed by atoms with van der Waals surface area (Å²) >= 11 is 6.07. The number of carbonyl (C=O) groups is 1. The maximum absolute atomic E-state index is 12.2. The Kier molecular flexibility index (Phi) is 5.48. The summed E-state index contributed by atoms with van der Waals surface area (Å²) in [6.07, 6.45) is 1.44. The van der Waals surface area contributed by atoms with Gasteiger partial charge in [0.05, 0.1) is 24.8 Å². The maximum atomic E-state index is 12.2. The van der Waals surface area contributed by atoms with Crippen molar-refractivity contribution in [3.8, 4) is 5.75 Å². The van der Waals surface area contributed by atoms with Crippen LogP contribution in [0.2, 0.25) is 5.02 Å². The minimum atomic E-state index is -0.457. The van der Waals surface area contributed by atoms with Crippen LogP contribution in [0, 0.1) is 6.92 Å². The van der Waals surface area contributed by atoms with Crippen molar-refractivity contribution in [1.82, 2.24) is 10.2 Å². The highest BCUT2D eigenvalue weighted by Gasteiger charge is 2.40. The Hall–Kier alpha value is -1.50. The summed E-state index contributed by atoms with van der Waals surface area (Å²) < 4.78 is 17.0. The van der Waals surface area contributed by atoms with E-state index in [1.165, 1.54) is 0 Å². The number of urea groups is 1. The number of benzene rings is 1. The third kappa shape index (κ3) is 4.12. The molecule has 1 N–H and O–H groups in total. The normalized spacial score (nSPS) is 19.5. The first-order valence-electron chi connectivity index (χ1n) is 8.28. The quantitative estimate of drug-likeness (QED) is 0.844. The summed E-state index contributed by atoms with van der Waals surface area (Å²) in [6.45, 7) is 5.34. The standard InChI is InChI=1S/C17H23ClN2O4/c1-13-2-3-14(18)15(12-13)22-9-6-19-16(21)20-7-4-17(5-8-20)23-10-11-24-17/h2-3,12H,4-11H2,1H3,(H,19,21). The van der Waals surface area contributed by atoms with Crippen LogP contribution in [-0.4, -0.2) is 56.2 Å². The van der Waals surface area contributed by atoms with E-state index >= 15 is 0 Å². The maximum Gasteiger partial charge on any atom is 0.317 e. The van der Waals surface area contributed by atoms with Gasteiger partial charge in [-0.1, -0.05) is 17.7 Å². The Morgan fingerprint density at radius 1 is 1.33 bits per heavy atom. The second-order valence-electron chi connectivity index (χ2n) is 6.11. The molecule has 2 fully saturated rings. The summed E-state index contributed by atoms with van der Waals surface area (Å²) in [6, 6.07) is 5.54. The van der Waals surface area contributed by atoms with E-state index in [2.05, 4.69) is 5.32 Å². The third-order valence-corrected chi connectivity index (χ3v) is 4.66. The number of amides is 2. The second-order valence-corrected chi connectivity index (χ2v) is 6.52. The van der Waals surface area contributed by atoms with Crippen LogP contribution in [0.1, 0.15) is 18.4 Å². The van der Waals surface area contributed by atoms with Crippen molar-refractivity contribution in [3.63, 3.8) is 0 Å². The van der Waals surface area contributed by atoms with Gasteiger partial charge < -0.3 is 24.4 Å². The zero-order valence-corrected chi connectivity index (χ0v) is 14.6. The Balaban J connectivity index is 1.38. The first kappa shape index (κ1) is 17.3. The van der Waals surface area contributed by atoms with E-state index < -0.39 is 5.79 Å². The van der Waals surface area contributed by atoms with E-state index in [9.17, 15) is 4.79 Å². The topological polar surface area (TPSA) is 60.0 Å². The molecule has 2 aliphatic rings. The molecule has 2 amide bonds. The lowest BCUT2D eigenvalue weighted by molar-refractivity contribution is -0.181. The first-order chi connectivity index (χ1) is 11.6. The summed E-state index contributed by atoms with van der Waals surface area (Å²) in [5, 5.41) is 3.45. The van der Waals surface area contributed by atoms with Crippen LogP contribution in [0.4, 0.5) is 4.79 Å². The molecule has 0 aromatic heterocycles. The van der Waals surface area contributed by atoms with E-state index in [1.54, 1.807) is 4.90 Å². The monoisotopic (exact) mass is 354 g/mol. The predicted octanol–water partition coefficient (Wildman–Crippen LogP) is 2.58. The average Bonchev–Trinajstić information content (AvgIpc) is 3.03. The van der Waals surface area contributed by atoms with Gasteiger partial charge in [0.15, 0.2) is 5.79 Å². The molecule has 1 aromatic rings. The van der Waals surface area contributed by atoms with Crippen LogP contribution in [0.3, 0.4) is 0 Å². The van der Waals surface area contributed by atoms with E-state index in [-0.39, 0.29) is 6.03 Å². The van der Waals surface area contributed by atoms with Gasteiger partial charge in [0, 0.05) is 25.9 Å². The highest BCUT2D eigenvalue weighted by molar-refractivity contribution is 6.32. The number of ether oxygens (including phenoxy) is 3. The van der Waals surface area contributed by atoms with Crippen LogP contribution in [0.25, 0.3) is 0 Å². The van der Waals surface area contributed by atoms with Crippen molar-refractivity contribution in [2.24, 2.45) is 0 Å². The molecule has 6 nitrogen and oxygen atoms in total. The number of nitrogens with one attached hydrogen (secondary N) is 1. The number of hydrogen-bond donors (Lipinski definition) is 1. The molecule has 1 spiro atoms. The van der Waals surface area contributed by atoms with Crippen LogP contribution in [0.15, 0.2) is 18.2 Å². The fourth-order valence-corrected chi connectivity index (χ4v) is 3.16. The molecule has 2 heterocycles. The Morgan fingerprint density at radius 2 is 2.04 bits per heavy atom. The Morgan fingerprint density at radius 3 is 2.75 bits per heavy atom. The molecule has 0 radical (unpaired) electrons. The van der Waals surface area contributed by atoms with Gasteiger partial charge in [-0.2, -0.15) is 0 Å². The summed E-state index contributed by atoms with van der Waals surface area (Å²) in [4.78, 5) is 14.0. The van der Waals surface area contributed by atoms with Crippen LogP contribution in [0.5, 0.6) is 5.75 Å². The predicted molar refractivity (Wildman–Crippen MR) is 90.5 cm³/mol. The van der Waals surface area contributed by atoms with Crippen LogP contribution < -0.4 is 10.1 Å². The second kappa shape index (κ2) is 7.59. The van der Waals surface area contributed by atoms with Gasteiger partial charge in [0.2, 0.25) is 0 Å². The highest BCUT2D eigenvalue weighted by atomic mass is 35.5. The molecule has 2 aliphatic heterocycles. The lowest BCUT2D eigenvalue weighted by Crippen LogP contribution is -2.50. The molecule has 0 unspecified atom stereocenters. The zero-order valence-electron chi connectivity index (χ0n) is 13.8. The van der Waals surface area contributed by atoms with Gasteiger partial charge in [-0.25, -0.2) is 4.79 Å². The van der Waals surface area contributed by atoms with Gasteiger partial charge in [0.1, 0.15) is 12.4 Å². The van der Waals surface area contributed by atoms with E-state index in [0.717, 1.165) is 18.4 Å². The number of nitrogens with zero attached hydrogens (tertiary/aromatic N) is 1. The van der Waals surface area contributed by atoms with Crippen molar-refractivity contribution in [3.05, 3.63) is 28.8 Å². The average molecular weight is 355 g/mol. The number of aryl methyl sites for hydroxylation is 1. The molecule has 24 heavy (non-hydrogen) atoms. The smallest absolute Gasteiger partial charge is 0.317 e. The fourth-order valence-electron chi connectivity index (χ4n) is 2.99. The number of rotatable bonds is 4. The SMILES string of the molecule is Cc1ccc(Cl)c(OCCNC(=O)N2CCC3(CC2)OCCO3)c1. The number of carbonyl (C=O) groups excluding carboxylic acids is 1. The highest BCUT2D eigenvalue weighted by Crippen LogP contribution is 2.31. The van der Waals surface area contributed by atoms with Gasteiger partial charge in [-0.3, -0.25) is 0 Å². The Labute approximate surface area is 147 Å². The largest absolute Gasteiger partial charge is 0.490 e. The molecule has 1 aromatic carbocycles. The summed E-state index contributed by atoms with van der Waals surface area (Å²) in [5.41, 5.74) is 1.08. The molecule has 132 valence electrons. The number of halogens is 1. The van der Waals surface area contributed by atoms with Crippen LogP contribution in [-0.2, 0) is 9.47 Å². The fraction of sp³-hybridized carbons (Fsp3) is 0.588. The van der Waals surface area contributed by atoms with Gasteiger partial charge in [0.25, 0.3) is 0 Å². The van der Waals surface area contributed by atoms with Gasteiger partial charge in [-0.05, 0) is 24.6 Å². The number of likely N-dealkylation sites (tertiary alicyclic amines) is 1. The number of piperidine rings is 1. The zero-order chi connectivity index (χ0) is 17.0. The molecular formula is C17H23ClN2O4. The van der Waals surface area contributed by atoms with E-state index in [1.807, 2.05) is 25.1 Å². The minimum Gasteiger partial charge on any atom is -0.490 e. The van der Waals surface area contributed by atoms with Gasteiger partial charge in [-0.15, -0.1) is 0 Å². The van der Waals surface area contributed by atoms with Gasteiger partial charge >= 0.3 is 6.03 Å². The molecule has 7 heteroatoms. The number of hydrogen-bond acceptors (Lipinski definition) is 4. The van der Waals surface area contributed by atoms with Crippen LogP contribution >= 0.6 is 11.6 Å². The van der Waals surface area contributed by atoms with Crippen molar-refractivity contribution in [2.75, 3.05) is 39.5 Å². The molecule has 0 saturated carbocycles. The molecule has 0 atom stereocenters. The summed E-state index contributed by atoms with van der Waals surface area (Å²) in [5.74, 6) is 0.184. The van der Waals surface area contributed by atoms with E-state index in [0.29, 0.717) is 50.2 Å². The molecule has 2 saturated heterocycles. The lowest BCUT2D eigenvalue weighted by Gasteiger charge is -2.37.